The number of benzene rings is 1. The lowest BCUT2D eigenvalue weighted by Crippen LogP contribution is -2.39. The lowest BCUT2D eigenvalue weighted by atomic mass is 10.3. The predicted octanol–water partition coefficient (Wildman–Crippen LogP) is 2.84. The Kier molecular flexibility index (Phi) is 6.41. The Hall–Kier alpha value is -1.15. The van der Waals surface area contributed by atoms with Gasteiger partial charge in [-0.05, 0) is 6.07 Å². The summed E-state index contributed by atoms with van der Waals surface area (Å²) in [5.74, 6) is -0.296. The molecule has 0 saturated carbocycles. The highest BCUT2D eigenvalue weighted by molar-refractivity contribution is 8.14. The Morgan fingerprint density at radius 3 is 2.57 bits per heavy atom. The molecule has 1 fully saturated rings. The van der Waals surface area contributed by atoms with Crippen LogP contribution in [0.15, 0.2) is 12.1 Å². The van der Waals surface area contributed by atoms with Crippen molar-refractivity contribution in [2.45, 2.75) is 0 Å². The largest absolute Gasteiger partial charge is 0.482 e. The highest BCUT2D eigenvalue weighted by atomic mass is 35.5. The Labute approximate surface area is 151 Å². The summed E-state index contributed by atoms with van der Waals surface area (Å²) in [7, 11) is 0. The molecule has 1 saturated heterocycles. The van der Waals surface area contributed by atoms with E-state index in [9.17, 15) is 14.4 Å². The van der Waals surface area contributed by atoms with E-state index in [1.54, 1.807) is 0 Å². The van der Waals surface area contributed by atoms with Crippen LogP contribution in [0.4, 0.5) is 4.79 Å². The second-order valence-corrected chi connectivity index (χ2v) is 6.58. The van der Waals surface area contributed by atoms with E-state index in [1.807, 2.05) is 0 Å². The van der Waals surface area contributed by atoms with Gasteiger partial charge in [0.25, 0.3) is 11.1 Å². The average molecular weight is 398 g/mol. The summed E-state index contributed by atoms with van der Waals surface area (Å²) in [6, 6.07) is 2.83. The van der Waals surface area contributed by atoms with Crippen LogP contribution in [0.25, 0.3) is 0 Å². The maximum absolute atomic E-state index is 11.7. The molecule has 6 nitrogen and oxygen atoms in total. The topological polar surface area (TPSA) is 75.7 Å². The van der Waals surface area contributed by atoms with Gasteiger partial charge in [0.2, 0.25) is 5.91 Å². The highest BCUT2D eigenvalue weighted by Gasteiger charge is 2.29. The van der Waals surface area contributed by atoms with Crippen LogP contribution in [0.1, 0.15) is 0 Å². The second kappa shape index (κ2) is 8.10. The van der Waals surface area contributed by atoms with Gasteiger partial charge in [-0.15, -0.1) is 0 Å². The molecular weight excluding hydrogens is 387 g/mol. The molecule has 0 spiro atoms. The molecule has 1 aromatic carbocycles. The molecule has 0 aliphatic carbocycles. The quantitative estimate of drug-likeness (QED) is 0.747. The van der Waals surface area contributed by atoms with E-state index in [0.29, 0.717) is 0 Å². The van der Waals surface area contributed by atoms with Crippen LogP contribution >= 0.6 is 46.6 Å². The number of halogens is 3. The number of carbonyl (C=O) groups is 3. The van der Waals surface area contributed by atoms with Crippen LogP contribution < -0.4 is 10.1 Å². The Morgan fingerprint density at radius 1 is 1.22 bits per heavy atom. The van der Waals surface area contributed by atoms with Gasteiger partial charge in [0.05, 0.1) is 20.8 Å². The first kappa shape index (κ1) is 18.2. The molecule has 1 aliphatic heterocycles. The van der Waals surface area contributed by atoms with E-state index in [0.717, 1.165) is 16.7 Å². The lowest BCUT2D eigenvalue weighted by molar-refractivity contribution is -0.126. The van der Waals surface area contributed by atoms with E-state index in [2.05, 4.69) is 5.32 Å². The normalized spacial score (nSPS) is 14.3. The summed E-state index contributed by atoms with van der Waals surface area (Å²) in [5.41, 5.74) is 0. The fraction of sp³-hybridized carbons (Fsp3) is 0.308. The number of amides is 3. The van der Waals surface area contributed by atoms with Gasteiger partial charge in [0, 0.05) is 19.2 Å². The summed E-state index contributed by atoms with van der Waals surface area (Å²) < 4.78 is 5.26. The van der Waals surface area contributed by atoms with Crippen molar-refractivity contribution in [2.24, 2.45) is 0 Å². The molecule has 124 valence electrons. The van der Waals surface area contributed by atoms with E-state index in [-0.39, 0.29) is 57.4 Å². The van der Waals surface area contributed by atoms with Gasteiger partial charge in [0.15, 0.2) is 6.61 Å². The minimum absolute atomic E-state index is 0.129. The summed E-state index contributed by atoms with van der Waals surface area (Å²) in [6.45, 7) is -0.00635. The maximum atomic E-state index is 11.7. The molecule has 10 heteroatoms. The molecule has 0 aromatic heterocycles. The first-order valence-corrected chi connectivity index (χ1v) is 8.51. The van der Waals surface area contributed by atoms with Crippen LogP contribution in [0, 0.1) is 0 Å². The third kappa shape index (κ3) is 4.91. The third-order valence-electron chi connectivity index (χ3n) is 2.83. The van der Waals surface area contributed by atoms with Gasteiger partial charge in [-0.2, -0.15) is 0 Å². The Bertz CT molecular complexity index is 640. The Morgan fingerprint density at radius 2 is 1.91 bits per heavy atom. The summed E-state index contributed by atoms with van der Waals surface area (Å²) in [4.78, 5) is 35.5. The molecule has 1 heterocycles. The molecule has 0 bridgehead atoms. The van der Waals surface area contributed by atoms with Crippen molar-refractivity contribution in [3.05, 3.63) is 27.2 Å². The number of imide groups is 1. The number of nitrogens with zero attached hydrogens (tertiary/aromatic N) is 1. The van der Waals surface area contributed by atoms with Gasteiger partial charge in [-0.3, -0.25) is 19.3 Å². The smallest absolute Gasteiger partial charge is 0.288 e. The third-order valence-corrected chi connectivity index (χ3v) is 4.71. The minimum atomic E-state index is -0.418. The number of ether oxygens (including phenoxy) is 1. The van der Waals surface area contributed by atoms with Crippen molar-refractivity contribution >= 4 is 63.6 Å². The molecule has 1 N–H and O–H groups in total. The van der Waals surface area contributed by atoms with Crippen LogP contribution in [0.3, 0.4) is 0 Å². The predicted molar refractivity (Wildman–Crippen MR) is 89.5 cm³/mol. The molecule has 0 atom stereocenters. The molecule has 1 aromatic rings. The van der Waals surface area contributed by atoms with Gasteiger partial charge in [-0.25, -0.2) is 0 Å². The monoisotopic (exact) mass is 396 g/mol. The molecule has 23 heavy (non-hydrogen) atoms. The van der Waals surface area contributed by atoms with Crippen molar-refractivity contribution in [3.63, 3.8) is 0 Å². The van der Waals surface area contributed by atoms with Gasteiger partial charge < -0.3 is 10.1 Å². The highest BCUT2D eigenvalue weighted by Crippen LogP contribution is 2.33. The second-order valence-electron chi connectivity index (χ2n) is 4.44. The van der Waals surface area contributed by atoms with Gasteiger partial charge in [-0.1, -0.05) is 46.6 Å². The SMILES string of the molecule is O=C(COc1cc(Cl)c(Cl)cc1Cl)NCCN1C(=O)CSC1=O. The van der Waals surface area contributed by atoms with Crippen molar-refractivity contribution in [2.75, 3.05) is 25.4 Å². The first-order valence-electron chi connectivity index (χ1n) is 6.39. The van der Waals surface area contributed by atoms with Crippen molar-refractivity contribution < 1.29 is 19.1 Å². The van der Waals surface area contributed by atoms with Crippen molar-refractivity contribution in [1.29, 1.82) is 0 Å². The van der Waals surface area contributed by atoms with E-state index < -0.39 is 5.91 Å². The summed E-state index contributed by atoms with van der Waals surface area (Å²) >= 11 is 18.5. The lowest BCUT2D eigenvalue weighted by Gasteiger charge is -2.13. The van der Waals surface area contributed by atoms with Crippen molar-refractivity contribution in [3.8, 4) is 5.75 Å². The average Bonchev–Trinajstić information content (AvgIpc) is 2.81. The van der Waals surface area contributed by atoms with E-state index >= 15 is 0 Å². The maximum Gasteiger partial charge on any atom is 0.288 e. The van der Waals surface area contributed by atoms with E-state index in [4.69, 9.17) is 39.5 Å². The zero-order chi connectivity index (χ0) is 17.0. The zero-order valence-corrected chi connectivity index (χ0v) is 14.7. The molecule has 1 aliphatic rings. The number of nitrogens with one attached hydrogen (secondary N) is 1. The standard InChI is InChI=1S/C13H11Cl3N2O4S/c14-7-3-9(16)10(4-8(7)15)22-5-11(19)17-1-2-18-12(20)6-23-13(18)21/h3-4H,1-2,5-6H2,(H,17,19). The minimum Gasteiger partial charge on any atom is -0.482 e. The van der Waals surface area contributed by atoms with E-state index in [1.165, 1.54) is 12.1 Å². The Balaban J connectivity index is 1.76. The van der Waals surface area contributed by atoms with Gasteiger partial charge >= 0.3 is 0 Å². The number of thioether (sulfide) groups is 1. The fourth-order valence-corrected chi connectivity index (χ4v) is 3.06. The zero-order valence-electron chi connectivity index (χ0n) is 11.6. The van der Waals surface area contributed by atoms with Crippen LogP contribution in [-0.4, -0.2) is 47.4 Å². The first-order chi connectivity index (χ1) is 10.9. The summed E-state index contributed by atoms with van der Waals surface area (Å²) in [5, 5.41) is 3.02. The summed E-state index contributed by atoms with van der Waals surface area (Å²) in [6.07, 6.45) is 0. The van der Waals surface area contributed by atoms with Crippen LogP contribution in [-0.2, 0) is 9.59 Å². The number of hydrogen-bond donors (Lipinski definition) is 1. The molecule has 3 amide bonds. The number of rotatable bonds is 6. The fourth-order valence-electron chi connectivity index (χ4n) is 1.71. The number of hydrogen-bond acceptors (Lipinski definition) is 5. The van der Waals surface area contributed by atoms with Crippen LogP contribution in [0.5, 0.6) is 5.75 Å². The molecular formula is C13H11Cl3N2O4S. The van der Waals surface area contributed by atoms with Crippen molar-refractivity contribution in [1.82, 2.24) is 10.2 Å². The molecule has 0 radical (unpaired) electrons. The van der Waals surface area contributed by atoms with Crippen LogP contribution in [0.2, 0.25) is 15.1 Å². The molecule has 0 unspecified atom stereocenters. The number of carbonyl (C=O) groups excluding carboxylic acids is 3. The van der Waals surface area contributed by atoms with Gasteiger partial charge in [0.1, 0.15) is 5.75 Å². The molecule has 2 rings (SSSR count).